The zero-order valence-corrected chi connectivity index (χ0v) is 16.8. The molecule has 26 heavy (non-hydrogen) atoms. The molecule has 1 heterocycles. The minimum Gasteiger partial charge on any atom is -0.493 e. The quantitative estimate of drug-likeness (QED) is 0.686. The molecule has 0 spiro atoms. The molecule has 1 aromatic heterocycles. The number of carbonyl (C=O) groups is 1. The normalized spacial score (nSPS) is 13.8. The van der Waals surface area contributed by atoms with Crippen molar-refractivity contribution < 1.29 is 14.3 Å². The van der Waals surface area contributed by atoms with Crippen LogP contribution in [-0.4, -0.2) is 30.6 Å². The first-order valence-electron chi connectivity index (χ1n) is 7.90. The molecule has 1 aromatic carbocycles. The third-order valence-corrected chi connectivity index (χ3v) is 4.68. The highest BCUT2D eigenvalue weighted by Crippen LogP contribution is 2.33. The summed E-state index contributed by atoms with van der Waals surface area (Å²) in [7, 11) is 1.56. The maximum absolute atomic E-state index is 12.4. The number of ether oxygens (including phenoxy) is 2. The predicted molar refractivity (Wildman–Crippen MR) is 107 cm³/mol. The van der Waals surface area contributed by atoms with Crippen molar-refractivity contribution in [2.24, 2.45) is 11.7 Å². The van der Waals surface area contributed by atoms with Gasteiger partial charge < -0.3 is 20.5 Å². The molecule has 1 fully saturated rings. The largest absolute Gasteiger partial charge is 0.493 e. The summed E-state index contributed by atoms with van der Waals surface area (Å²) in [6.07, 6.45) is 2.27. The summed E-state index contributed by atoms with van der Waals surface area (Å²) in [5.74, 6) is 1.48. The Hall–Kier alpha value is -1.54. The Bertz CT molecular complexity index is 697. The van der Waals surface area contributed by atoms with Crippen LogP contribution in [0.15, 0.2) is 29.1 Å². The SMILES string of the molecule is COc1cc(C(=O)NC(CN)C2CC2)ccc1OCc1cscn1.Cl.Cl. The van der Waals surface area contributed by atoms with Crippen LogP contribution in [0.25, 0.3) is 0 Å². The van der Waals surface area contributed by atoms with Crippen molar-refractivity contribution in [3.05, 3.63) is 40.3 Å². The fraction of sp³-hybridized carbons (Fsp3) is 0.412. The number of thiazole rings is 1. The lowest BCUT2D eigenvalue weighted by molar-refractivity contribution is 0.0933. The maximum Gasteiger partial charge on any atom is 0.251 e. The number of carbonyl (C=O) groups excluding carboxylic acids is 1. The third-order valence-electron chi connectivity index (χ3n) is 4.05. The molecule has 2 aromatic rings. The number of amides is 1. The molecule has 1 atom stereocenters. The standard InChI is InChI=1S/C17H21N3O3S.2ClH/c1-22-16-6-12(17(21)20-14(7-18)11-2-3-11)4-5-15(16)23-8-13-9-24-10-19-13;;/h4-6,9-11,14H,2-3,7-8,18H2,1H3,(H,20,21);2*1H. The van der Waals surface area contributed by atoms with Gasteiger partial charge in [-0.15, -0.1) is 36.2 Å². The number of rotatable bonds is 8. The summed E-state index contributed by atoms with van der Waals surface area (Å²) in [6.45, 7) is 0.824. The lowest BCUT2D eigenvalue weighted by atomic mass is 10.1. The Labute approximate surface area is 169 Å². The number of nitrogens with zero attached hydrogens (tertiary/aromatic N) is 1. The fourth-order valence-corrected chi connectivity index (χ4v) is 3.05. The van der Waals surface area contributed by atoms with Crippen LogP contribution >= 0.6 is 36.2 Å². The monoisotopic (exact) mass is 419 g/mol. The molecule has 1 aliphatic carbocycles. The van der Waals surface area contributed by atoms with Gasteiger partial charge in [-0.25, -0.2) is 4.98 Å². The van der Waals surface area contributed by atoms with Crippen LogP contribution in [0.3, 0.4) is 0 Å². The molecule has 1 amide bonds. The van der Waals surface area contributed by atoms with Gasteiger partial charge in [0.2, 0.25) is 0 Å². The summed E-state index contributed by atoms with van der Waals surface area (Å²) in [5, 5.41) is 4.93. The maximum atomic E-state index is 12.4. The Kier molecular flexibility index (Phi) is 9.15. The number of halogens is 2. The molecule has 9 heteroatoms. The van der Waals surface area contributed by atoms with Crippen molar-refractivity contribution >= 4 is 42.1 Å². The lowest BCUT2D eigenvalue weighted by Gasteiger charge is -2.17. The smallest absolute Gasteiger partial charge is 0.251 e. The van der Waals surface area contributed by atoms with Crippen molar-refractivity contribution in [3.63, 3.8) is 0 Å². The summed E-state index contributed by atoms with van der Waals surface area (Å²) < 4.78 is 11.1. The molecule has 3 N–H and O–H groups in total. The first-order chi connectivity index (χ1) is 11.7. The first kappa shape index (κ1) is 22.5. The van der Waals surface area contributed by atoms with E-state index in [0.717, 1.165) is 18.5 Å². The highest BCUT2D eigenvalue weighted by molar-refractivity contribution is 7.07. The third kappa shape index (κ3) is 5.74. The van der Waals surface area contributed by atoms with E-state index < -0.39 is 0 Å². The second-order valence-electron chi connectivity index (χ2n) is 5.79. The first-order valence-corrected chi connectivity index (χ1v) is 8.84. The zero-order chi connectivity index (χ0) is 16.9. The Morgan fingerprint density at radius 3 is 2.73 bits per heavy atom. The topological polar surface area (TPSA) is 86.5 Å². The Morgan fingerprint density at radius 1 is 1.38 bits per heavy atom. The molecule has 0 radical (unpaired) electrons. The van der Waals surface area contributed by atoms with Crippen molar-refractivity contribution in [1.82, 2.24) is 10.3 Å². The van der Waals surface area contributed by atoms with Gasteiger partial charge >= 0.3 is 0 Å². The number of benzene rings is 1. The lowest BCUT2D eigenvalue weighted by Crippen LogP contribution is -2.41. The molecule has 3 rings (SSSR count). The molecular weight excluding hydrogens is 397 g/mol. The summed E-state index contributed by atoms with van der Waals surface area (Å²) in [6, 6.07) is 5.21. The Morgan fingerprint density at radius 2 is 2.15 bits per heavy atom. The van der Waals surface area contributed by atoms with Gasteiger partial charge in [0.25, 0.3) is 5.91 Å². The average molecular weight is 420 g/mol. The molecule has 0 aliphatic heterocycles. The molecule has 1 saturated carbocycles. The van der Waals surface area contributed by atoms with Crippen LogP contribution in [0, 0.1) is 5.92 Å². The summed E-state index contributed by atoms with van der Waals surface area (Å²) >= 11 is 1.52. The van der Waals surface area contributed by atoms with E-state index in [2.05, 4.69) is 10.3 Å². The van der Waals surface area contributed by atoms with E-state index in [1.807, 2.05) is 5.38 Å². The minimum atomic E-state index is -0.137. The molecule has 1 aliphatic rings. The average Bonchev–Trinajstić information content (AvgIpc) is 3.32. The highest BCUT2D eigenvalue weighted by atomic mass is 35.5. The number of hydrogen-bond donors (Lipinski definition) is 2. The van der Waals surface area contributed by atoms with Crippen molar-refractivity contribution in [3.8, 4) is 11.5 Å². The van der Waals surface area contributed by atoms with Crippen molar-refractivity contribution in [2.75, 3.05) is 13.7 Å². The van der Waals surface area contributed by atoms with Gasteiger partial charge in [-0.2, -0.15) is 0 Å². The van der Waals surface area contributed by atoms with E-state index in [1.54, 1.807) is 30.8 Å². The van der Waals surface area contributed by atoms with Crippen LogP contribution in [-0.2, 0) is 6.61 Å². The van der Waals surface area contributed by atoms with Gasteiger partial charge in [0.1, 0.15) is 6.61 Å². The second kappa shape index (κ2) is 10.6. The molecule has 1 unspecified atom stereocenters. The Balaban J connectivity index is 0.00000169. The van der Waals surface area contributed by atoms with E-state index in [9.17, 15) is 4.79 Å². The van der Waals surface area contributed by atoms with Crippen LogP contribution in [0.5, 0.6) is 11.5 Å². The summed E-state index contributed by atoms with van der Waals surface area (Å²) in [5.41, 5.74) is 8.90. The van der Waals surface area contributed by atoms with Crippen LogP contribution in [0.1, 0.15) is 28.9 Å². The van der Waals surface area contributed by atoms with Crippen LogP contribution < -0.4 is 20.5 Å². The van der Waals surface area contributed by atoms with Crippen LogP contribution in [0.2, 0.25) is 0 Å². The van der Waals surface area contributed by atoms with Crippen LogP contribution in [0.4, 0.5) is 0 Å². The molecule has 0 saturated heterocycles. The summed E-state index contributed by atoms with van der Waals surface area (Å²) in [4.78, 5) is 16.6. The van der Waals surface area contributed by atoms with E-state index in [0.29, 0.717) is 36.1 Å². The number of nitrogens with one attached hydrogen (secondary N) is 1. The number of hydrogen-bond acceptors (Lipinski definition) is 6. The van der Waals surface area contributed by atoms with Gasteiger partial charge in [0, 0.05) is 23.5 Å². The molecule has 6 nitrogen and oxygen atoms in total. The van der Waals surface area contributed by atoms with Gasteiger partial charge in [-0.1, -0.05) is 0 Å². The molecule has 144 valence electrons. The van der Waals surface area contributed by atoms with Gasteiger partial charge in [-0.05, 0) is 37.0 Å². The van der Waals surface area contributed by atoms with E-state index in [-0.39, 0.29) is 36.8 Å². The minimum absolute atomic E-state index is 0. The van der Waals surface area contributed by atoms with E-state index in [1.165, 1.54) is 11.3 Å². The van der Waals surface area contributed by atoms with E-state index in [4.69, 9.17) is 15.2 Å². The van der Waals surface area contributed by atoms with Gasteiger partial charge in [0.15, 0.2) is 11.5 Å². The highest BCUT2D eigenvalue weighted by Gasteiger charge is 2.31. The number of aromatic nitrogens is 1. The molecular formula is C17H23Cl2N3O3S. The van der Waals surface area contributed by atoms with Gasteiger partial charge in [0.05, 0.1) is 18.3 Å². The van der Waals surface area contributed by atoms with Crippen molar-refractivity contribution in [2.45, 2.75) is 25.5 Å². The second-order valence-corrected chi connectivity index (χ2v) is 6.51. The number of methoxy groups -OCH3 is 1. The molecule has 0 bridgehead atoms. The van der Waals surface area contributed by atoms with E-state index >= 15 is 0 Å². The van der Waals surface area contributed by atoms with Gasteiger partial charge in [-0.3, -0.25) is 4.79 Å². The zero-order valence-electron chi connectivity index (χ0n) is 14.3. The fourth-order valence-electron chi connectivity index (χ4n) is 2.51. The van der Waals surface area contributed by atoms with Crippen molar-refractivity contribution in [1.29, 1.82) is 0 Å². The predicted octanol–water partition coefficient (Wildman–Crippen LogP) is 3.04. The number of nitrogens with two attached hydrogens (primary N) is 1.